The number of hydrogen-bond acceptors (Lipinski definition) is 5. The van der Waals surface area contributed by atoms with Crippen LogP contribution in [0.3, 0.4) is 0 Å². The molecule has 20 heavy (non-hydrogen) atoms. The molecular formula is C12H14N3O4S+. The first-order valence-electron chi connectivity index (χ1n) is 5.74. The number of nitrogens with zero attached hydrogens (tertiary/aromatic N) is 1. The molecule has 1 aromatic carbocycles. The molecule has 1 amide bonds. The third-order valence-corrected chi connectivity index (χ3v) is 3.59. The molecule has 1 aromatic heterocycles. The lowest BCUT2D eigenvalue weighted by molar-refractivity contribution is -0.772. The number of rotatable bonds is 5. The van der Waals surface area contributed by atoms with E-state index in [4.69, 9.17) is 4.74 Å². The van der Waals surface area contributed by atoms with Crippen molar-refractivity contribution in [3.63, 3.8) is 0 Å². The van der Waals surface area contributed by atoms with Crippen molar-refractivity contribution in [2.75, 3.05) is 18.2 Å². The maximum absolute atomic E-state index is 11.8. The highest BCUT2D eigenvalue weighted by molar-refractivity contribution is 7.99. The lowest BCUT2D eigenvalue weighted by atomic mass is 10.3. The summed E-state index contributed by atoms with van der Waals surface area (Å²) in [5.41, 5.74) is 0.177. The Kier molecular flexibility index (Phi) is 4.46. The van der Waals surface area contributed by atoms with E-state index in [1.54, 1.807) is 38.4 Å². The highest BCUT2D eigenvalue weighted by Gasteiger charge is 2.19. The minimum absolute atomic E-state index is 0.114. The summed E-state index contributed by atoms with van der Waals surface area (Å²) in [4.78, 5) is 23.1. The second kappa shape index (κ2) is 6.29. The van der Waals surface area contributed by atoms with Crippen molar-refractivity contribution in [1.29, 1.82) is 0 Å². The van der Waals surface area contributed by atoms with Crippen LogP contribution in [0.25, 0.3) is 0 Å². The van der Waals surface area contributed by atoms with Crippen molar-refractivity contribution in [3.8, 4) is 5.75 Å². The number of methoxy groups -OCH3 is 1. The van der Waals surface area contributed by atoms with Crippen LogP contribution in [0.5, 0.6) is 5.75 Å². The molecule has 0 bridgehead atoms. The Morgan fingerprint density at radius 1 is 1.45 bits per heavy atom. The van der Waals surface area contributed by atoms with Crippen molar-refractivity contribution in [2.45, 2.75) is 5.03 Å². The van der Waals surface area contributed by atoms with Gasteiger partial charge in [0.05, 0.1) is 12.9 Å². The van der Waals surface area contributed by atoms with Crippen LogP contribution >= 0.6 is 11.8 Å². The molecule has 7 nitrogen and oxygen atoms in total. The van der Waals surface area contributed by atoms with E-state index in [0.29, 0.717) is 16.5 Å². The number of thioether (sulfide) groups is 1. The van der Waals surface area contributed by atoms with Crippen LogP contribution in [0, 0.1) is 0 Å². The molecule has 106 valence electrons. The Balaban J connectivity index is 1.91. The first kappa shape index (κ1) is 14.2. The molecule has 0 saturated carbocycles. The van der Waals surface area contributed by atoms with E-state index in [9.17, 15) is 9.59 Å². The van der Waals surface area contributed by atoms with Gasteiger partial charge in [0.1, 0.15) is 5.75 Å². The summed E-state index contributed by atoms with van der Waals surface area (Å²) >= 11 is 1.10. The number of aromatic amines is 1. The quantitative estimate of drug-likeness (QED) is 0.621. The maximum Gasteiger partial charge on any atom is 0.441 e. The largest absolute Gasteiger partial charge is 0.497 e. The van der Waals surface area contributed by atoms with Gasteiger partial charge in [0.15, 0.2) is 7.05 Å². The molecule has 2 aromatic rings. The van der Waals surface area contributed by atoms with E-state index in [1.165, 1.54) is 4.68 Å². The highest BCUT2D eigenvalue weighted by atomic mass is 32.2. The fourth-order valence-electron chi connectivity index (χ4n) is 1.49. The fraction of sp³-hybridized carbons (Fsp3) is 0.250. The summed E-state index contributed by atoms with van der Waals surface area (Å²) in [5.74, 6) is 0.623. The van der Waals surface area contributed by atoms with E-state index >= 15 is 0 Å². The van der Waals surface area contributed by atoms with Gasteiger partial charge in [0, 0.05) is 5.69 Å². The van der Waals surface area contributed by atoms with Gasteiger partial charge in [-0.3, -0.25) is 9.32 Å². The fourth-order valence-corrected chi connectivity index (χ4v) is 2.22. The van der Waals surface area contributed by atoms with Gasteiger partial charge in [-0.05, 0) is 41.3 Å². The molecule has 0 aliphatic rings. The molecule has 2 rings (SSSR count). The van der Waals surface area contributed by atoms with Crippen LogP contribution in [0.15, 0.2) is 38.6 Å². The van der Waals surface area contributed by atoms with Crippen LogP contribution in [0.2, 0.25) is 0 Å². The average molecular weight is 296 g/mol. The van der Waals surface area contributed by atoms with Gasteiger partial charge >= 0.3 is 10.7 Å². The predicted molar refractivity (Wildman–Crippen MR) is 72.9 cm³/mol. The number of amides is 1. The van der Waals surface area contributed by atoms with Gasteiger partial charge in [-0.25, -0.2) is 4.79 Å². The minimum atomic E-state index is -0.491. The highest BCUT2D eigenvalue weighted by Crippen LogP contribution is 2.15. The summed E-state index contributed by atoms with van der Waals surface area (Å²) in [7, 11) is 3.21. The molecule has 0 aliphatic carbocycles. The van der Waals surface area contributed by atoms with Gasteiger partial charge in [0.25, 0.3) is 0 Å². The zero-order valence-electron chi connectivity index (χ0n) is 11.0. The molecule has 8 heteroatoms. The average Bonchev–Trinajstić information content (AvgIpc) is 2.77. The maximum atomic E-state index is 11.8. The molecule has 0 radical (unpaired) electrons. The molecule has 0 fully saturated rings. The first-order chi connectivity index (χ1) is 9.60. The van der Waals surface area contributed by atoms with Crippen molar-refractivity contribution < 1.29 is 18.7 Å². The number of aryl methyl sites for hydroxylation is 1. The third-order valence-electron chi connectivity index (χ3n) is 2.47. The van der Waals surface area contributed by atoms with Crippen LogP contribution in [-0.4, -0.2) is 24.0 Å². The molecule has 0 saturated heterocycles. The van der Waals surface area contributed by atoms with Gasteiger partial charge in [-0.2, -0.15) is 0 Å². The van der Waals surface area contributed by atoms with Gasteiger partial charge < -0.3 is 10.1 Å². The molecule has 0 aliphatic heterocycles. The number of carbonyl (C=O) groups is 1. The van der Waals surface area contributed by atoms with Crippen LogP contribution in [0.4, 0.5) is 5.69 Å². The Hall–Kier alpha value is -2.22. The third kappa shape index (κ3) is 3.41. The zero-order valence-corrected chi connectivity index (χ0v) is 11.8. The topological polar surface area (TPSA) is 88.2 Å². The van der Waals surface area contributed by atoms with Crippen molar-refractivity contribution in [3.05, 3.63) is 34.7 Å². The Morgan fingerprint density at radius 3 is 2.70 bits per heavy atom. The van der Waals surface area contributed by atoms with E-state index < -0.39 is 5.63 Å². The first-order valence-corrected chi connectivity index (χ1v) is 6.73. The summed E-state index contributed by atoms with van der Waals surface area (Å²) in [5, 5.41) is 5.46. The Morgan fingerprint density at radius 2 is 2.15 bits per heavy atom. The standard InChI is InChI=1S/C12H13N3O4S/c1-15-11(12(17)19-14-15)20-7-10(16)13-8-3-5-9(18-2)6-4-8/h3-6H,7H2,1-2H3,(H-,13,14,16,17)/p+1. The molecule has 0 atom stereocenters. The number of aromatic nitrogens is 2. The normalized spacial score (nSPS) is 10.3. The number of anilines is 1. The predicted octanol–water partition coefficient (Wildman–Crippen LogP) is 0.532. The SMILES string of the molecule is COc1ccc(NC(=O)CSc2c(=O)o[nH][n+]2C)cc1. The van der Waals surface area contributed by atoms with E-state index in [1.807, 2.05) is 0 Å². The summed E-state index contributed by atoms with van der Waals surface area (Å²) in [6.45, 7) is 0. The number of nitrogens with one attached hydrogen (secondary N) is 2. The van der Waals surface area contributed by atoms with E-state index in [2.05, 4.69) is 15.1 Å². The lowest BCUT2D eigenvalue weighted by Crippen LogP contribution is -2.34. The van der Waals surface area contributed by atoms with Crippen molar-refractivity contribution in [2.24, 2.45) is 7.05 Å². The van der Waals surface area contributed by atoms with Gasteiger partial charge in [-0.15, -0.1) is 0 Å². The molecule has 1 heterocycles. The number of H-pyrrole nitrogens is 1. The lowest BCUT2D eigenvalue weighted by Gasteiger charge is -2.04. The van der Waals surface area contributed by atoms with Crippen LogP contribution in [-0.2, 0) is 11.8 Å². The van der Waals surface area contributed by atoms with E-state index in [0.717, 1.165) is 11.8 Å². The molecule has 0 spiro atoms. The monoisotopic (exact) mass is 296 g/mol. The second-order valence-corrected chi connectivity index (χ2v) is 4.87. The molecule has 0 unspecified atom stereocenters. The summed E-state index contributed by atoms with van der Waals surface area (Å²) in [6.07, 6.45) is 0. The van der Waals surface area contributed by atoms with Crippen LogP contribution < -0.4 is 20.4 Å². The van der Waals surface area contributed by atoms with E-state index in [-0.39, 0.29) is 11.7 Å². The van der Waals surface area contributed by atoms with Crippen LogP contribution in [0.1, 0.15) is 0 Å². The molecular weight excluding hydrogens is 282 g/mol. The zero-order chi connectivity index (χ0) is 14.5. The number of ether oxygens (including phenoxy) is 1. The Labute approximate surface area is 118 Å². The van der Waals surface area contributed by atoms with Crippen molar-refractivity contribution >= 4 is 23.4 Å². The smallest absolute Gasteiger partial charge is 0.441 e. The van der Waals surface area contributed by atoms with Crippen molar-refractivity contribution in [1.82, 2.24) is 5.27 Å². The van der Waals surface area contributed by atoms with Gasteiger partial charge in [0.2, 0.25) is 5.91 Å². The minimum Gasteiger partial charge on any atom is -0.497 e. The summed E-state index contributed by atoms with van der Waals surface area (Å²) < 4.78 is 11.0. The Bertz CT molecular complexity index is 647. The number of benzene rings is 1. The van der Waals surface area contributed by atoms with Gasteiger partial charge in [-0.1, -0.05) is 4.68 Å². The second-order valence-electron chi connectivity index (χ2n) is 3.91. The number of hydrogen-bond donors (Lipinski definition) is 2. The summed E-state index contributed by atoms with van der Waals surface area (Å²) in [6, 6.07) is 6.99. The number of carbonyl (C=O) groups excluding carboxylic acids is 1. The molecule has 2 N–H and O–H groups in total.